The maximum atomic E-state index is 11.9. The first-order valence-corrected chi connectivity index (χ1v) is 6.33. The van der Waals surface area contributed by atoms with Gasteiger partial charge in [-0.05, 0) is 32.7 Å². The lowest BCUT2D eigenvalue weighted by atomic mass is 9.94. The van der Waals surface area contributed by atoms with Gasteiger partial charge in [-0.1, -0.05) is 0 Å². The van der Waals surface area contributed by atoms with Crippen LogP contribution in [-0.4, -0.2) is 66.2 Å². The predicted octanol–water partition coefficient (Wildman–Crippen LogP) is -0.360. The molecule has 1 saturated heterocycles. The van der Waals surface area contributed by atoms with E-state index >= 15 is 0 Å². The molecule has 0 aromatic rings. The van der Waals surface area contributed by atoms with Crippen molar-refractivity contribution in [3.8, 4) is 0 Å². The molecule has 0 spiro atoms. The number of hydrogen-bond donors (Lipinski definition) is 2. The number of likely N-dealkylation sites (tertiary alicyclic amines) is 1. The van der Waals surface area contributed by atoms with Gasteiger partial charge in [0.25, 0.3) is 0 Å². The first-order chi connectivity index (χ1) is 7.94. The molecule has 3 N–H and O–H groups in total. The molecule has 1 rings (SSSR count). The molecule has 1 aliphatic heterocycles. The number of aliphatic hydroxyl groups is 1. The lowest BCUT2D eigenvalue weighted by Gasteiger charge is -2.35. The van der Waals surface area contributed by atoms with Crippen LogP contribution in [-0.2, 0) is 4.79 Å². The average molecular weight is 243 g/mol. The van der Waals surface area contributed by atoms with E-state index in [1.54, 1.807) is 4.90 Å². The van der Waals surface area contributed by atoms with Crippen LogP contribution in [0.3, 0.4) is 0 Å². The zero-order valence-corrected chi connectivity index (χ0v) is 11.0. The van der Waals surface area contributed by atoms with Crippen LogP contribution in [0.5, 0.6) is 0 Å². The first-order valence-electron chi connectivity index (χ1n) is 6.33. The Bertz CT molecular complexity index is 246. The molecule has 17 heavy (non-hydrogen) atoms. The van der Waals surface area contributed by atoms with Crippen LogP contribution in [0, 0.1) is 0 Å². The van der Waals surface area contributed by atoms with Gasteiger partial charge in [-0.25, -0.2) is 0 Å². The Kier molecular flexibility index (Phi) is 5.36. The minimum Gasteiger partial charge on any atom is -0.390 e. The molecule has 0 saturated carbocycles. The van der Waals surface area contributed by atoms with E-state index in [0.29, 0.717) is 13.1 Å². The van der Waals surface area contributed by atoms with Gasteiger partial charge in [0, 0.05) is 26.7 Å². The number of hydrogen-bond acceptors (Lipinski definition) is 4. The van der Waals surface area contributed by atoms with Crippen LogP contribution in [0.2, 0.25) is 0 Å². The lowest BCUT2D eigenvalue weighted by molar-refractivity contribution is -0.132. The molecule has 0 atom stereocenters. The standard InChI is InChI=1S/C12H25N3O2/c1-12(17)4-8-15(9-5-12)10-11(16)14(2)7-3-6-13/h17H,3-10,13H2,1-2H3. The van der Waals surface area contributed by atoms with E-state index in [1.165, 1.54) is 0 Å². The summed E-state index contributed by atoms with van der Waals surface area (Å²) in [6.45, 7) is 5.24. The van der Waals surface area contributed by atoms with E-state index in [4.69, 9.17) is 5.73 Å². The maximum Gasteiger partial charge on any atom is 0.236 e. The molecule has 100 valence electrons. The summed E-state index contributed by atoms with van der Waals surface area (Å²) in [5, 5.41) is 9.82. The molecule has 0 unspecified atom stereocenters. The minimum absolute atomic E-state index is 0.139. The van der Waals surface area contributed by atoms with Gasteiger partial charge < -0.3 is 15.7 Å². The molecular weight excluding hydrogens is 218 g/mol. The topological polar surface area (TPSA) is 69.8 Å². The summed E-state index contributed by atoms with van der Waals surface area (Å²) in [5.41, 5.74) is 4.86. The summed E-state index contributed by atoms with van der Waals surface area (Å²) in [5.74, 6) is 0.139. The van der Waals surface area contributed by atoms with E-state index < -0.39 is 5.60 Å². The van der Waals surface area contributed by atoms with E-state index in [1.807, 2.05) is 14.0 Å². The van der Waals surface area contributed by atoms with Gasteiger partial charge >= 0.3 is 0 Å². The van der Waals surface area contributed by atoms with Crippen LogP contribution >= 0.6 is 0 Å². The zero-order valence-electron chi connectivity index (χ0n) is 11.0. The first kappa shape index (κ1) is 14.4. The highest BCUT2D eigenvalue weighted by atomic mass is 16.3. The summed E-state index contributed by atoms with van der Waals surface area (Å²) in [6, 6.07) is 0. The number of carbonyl (C=O) groups is 1. The Balaban J connectivity index is 2.27. The molecular formula is C12H25N3O2. The number of amides is 1. The Morgan fingerprint density at radius 1 is 1.47 bits per heavy atom. The normalized spacial score (nSPS) is 20.2. The largest absolute Gasteiger partial charge is 0.390 e. The highest BCUT2D eigenvalue weighted by molar-refractivity contribution is 5.77. The maximum absolute atomic E-state index is 11.9. The van der Waals surface area contributed by atoms with Gasteiger partial charge in [0.05, 0.1) is 12.1 Å². The number of carbonyl (C=O) groups excluding carboxylic acids is 1. The van der Waals surface area contributed by atoms with E-state index in [9.17, 15) is 9.90 Å². The fraction of sp³-hybridized carbons (Fsp3) is 0.917. The third kappa shape index (κ3) is 5.02. The predicted molar refractivity (Wildman–Crippen MR) is 67.6 cm³/mol. The van der Waals surface area contributed by atoms with Crippen LogP contribution in [0.1, 0.15) is 26.2 Å². The molecule has 0 aromatic heterocycles. The molecule has 0 bridgehead atoms. The second-order valence-corrected chi connectivity index (χ2v) is 5.23. The fourth-order valence-electron chi connectivity index (χ4n) is 1.96. The van der Waals surface area contributed by atoms with Gasteiger partial charge in [0.2, 0.25) is 5.91 Å². The Hall–Kier alpha value is -0.650. The van der Waals surface area contributed by atoms with E-state index in [-0.39, 0.29) is 5.91 Å². The second kappa shape index (κ2) is 6.33. The third-order valence-electron chi connectivity index (χ3n) is 3.42. The fourth-order valence-corrected chi connectivity index (χ4v) is 1.96. The number of piperidine rings is 1. The molecule has 1 heterocycles. The van der Waals surface area contributed by atoms with E-state index in [0.717, 1.165) is 38.9 Å². The quantitative estimate of drug-likeness (QED) is 0.692. The van der Waals surface area contributed by atoms with Crippen molar-refractivity contribution < 1.29 is 9.90 Å². The molecule has 5 heteroatoms. The Labute approximate surface area is 104 Å². The highest BCUT2D eigenvalue weighted by Gasteiger charge is 2.28. The number of nitrogens with zero attached hydrogens (tertiary/aromatic N) is 2. The van der Waals surface area contributed by atoms with Crippen molar-refractivity contribution in [1.82, 2.24) is 9.80 Å². The van der Waals surface area contributed by atoms with Crippen LogP contribution in [0.4, 0.5) is 0 Å². The van der Waals surface area contributed by atoms with Gasteiger partial charge in [-0.2, -0.15) is 0 Å². The van der Waals surface area contributed by atoms with Crippen molar-refractivity contribution >= 4 is 5.91 Å². The van der Waals surface area contributed by atoms with Gasteiger partial charge in [0.1, 0.15) is 0 Å². The van der Waals surface area contributed by atoms with Crippen molar-refractivity contribution in [2.75, 3.05) is 39.8 Å². The van der Waals surface area contributed by atoms with Crippen LogP contribution in [0.25, 0.3) is 0 Å². The third-order valence-corrected chi connectivity index (χ3v) is 3.42. The van der Waals surface area contributed by atoms with Crippen molar-refractivity contribution in [3.63, 3.8) is 0 Å². The summed E-state index contributed by atoms with van der Waals surface area (Å²) in [6.07, 6.45) is 2.33. The second-order valence-electron chi connectivity index (χ2n) is 5.23. The zero-order chi connectivity index (χ0) is 12.9. The van der Waals surface area contributed by atoms with Crippen LogP contribution in [0.15, 0.2) is 0 Å². The molecule has 1 fully saturated rings. The summed E-state index contributed by atoms with van der Waals surface area (Å²) in [4.78, 5) is 15.7. The monoisotopic (exact) mass is 243 g/mol. The Morgan fingerprint density at radius 3 is 2.59 bits per heavy atom. The molecule has 0 aliphatic carbocycles. The summed E-state index contributed by atoms with van der Waals surface area (Å²) < 4.78 is 0. The smallest absolute Gasteiger partial charge is 0.236 e. The van der Waals surface area contributed by atoms with Crippen molar-refractivity contribution in [2.45, 2.75) is 31.8 Å². The van der Waals surface area contributed by atoms with E-state index in [2.05, 4.69) is 4.90 Å². The SMILES string of the molecule is CN(CCCN)C(=O)CN1CCC(C)(O)CC1. The average Bonchev–Trinajstić information content (AvgIpc) is 2.28. The molecule has 1 aliphatic rings. The lowest BCUT2D eigenvalue weighted by Crippen LogP contribution is -2.46. The molecule has 0 radical (unpaired) electrons. The number of rotatable bonds is 5. The van der Waals surface area contributed by atoms with Gasteiger partial charge in [-0.3, -0.25) is 9.69 Å². The van der Waals surface area contributed by atoms with Crippen molar-refractivity contribution in [3.05, 3.63) is 0 Å². The van der Waals surface area contributed by atoms with Crippen molar-refractivity contribution in [1.29, 1.82) is 0 Å². The molecule has 1 amide bonds. The van der Waals surface area contributed by atoms with Gasteiger partial charge in [0.15, 0.2) is 0 Å². The van der Waals surface area contributed by atoms with Gasteiger partial charge in [-0.15, -0.1) is 0 Å². The highest BCUT2D eigenvalue weighted by Crippen LogP contribution is 2.20. The Morgan fingerprint density at radius 2 is 2.06 bits per heavy atom. The van der Waals surface area contributed by atoms with Crippen molar-refractivity contribution in [2.24, 2.45) is 5.73 Å². The minimum atomic E-state index is -0.551. The summed E-state index contributed by atoms with van der Waals surface area (Å²) in [7, 11) is 1.82. The number of likely N-dealkylation sites (N-methyl/N-ethyl adjacent to an activating group) is 1. The summed E-state index contributed by atoms with van der Waals surface area (Å²) >= 11 is 0. The van der Waals surface area contributed by atoms with Crippen LogP contribution < -0.4 is 5.73 Å². The number of nitrogens with two attached hydrogens (primary N) is 1. The molecule has 5 nitrogen and oxygen atoms in total. The molecule has 0 aromatic carbocycles.